The second kappa shape index (κ2) is 5.27. The van der Waals surface area contributed by atoms with Crippen molar-refractivity contribution in [2.24, 2.45) is 5.41 Å². The molecule has 2 atom stereocenters. The Kier molecular flexibility index (Phi) is 4.22. The normalized spacial score (nSPS) is 15.4. The van der Waals surface area contributed by atoms with E-state index in [9.17, 15) is 9.90 Å². The van der Waals surface area contributed by atoms with Gasteiger partial charge in [-0.25, -0.2) is 9.67 Å². The van der Waals surface area contributed by atoms with Crippen molar-refractivity contribution < 1.29 is 9.90 Å². The smallest absolute Gasteiger partial charge is 0.244 e. The summed E-state index contributed by atoms with van der Waals surface area (Å²) < 4.78 is 1.47. The van der Waals surface area contributed by atoms with Crippen LogP contribution in [0.4, 0.5) is 0 Å². The molecule has 0 aliphatic carbocycles. The van der Waals surface area contributed by atoms with Gasteiger partial charge in [-0.3, -0.25) is 4.79 Å². The predicted octanol–water partition coefficient (Wildman–Crippen LogP) is 0.362. The molecule has 96 valence electrons. The van der Waals surface area contributed by atoms with Crippen LogP contribution in [-0.4, -0.2) is 38.4 Å². The second-order valence-corrected chi connectivity index (χ2v) is 5.18. The maximum Gasteiger partial charge on any atom is 0.244 e. The predicted molar refractivity (Wildman–Crippen MR) is 63.2 cm³/mol. The first-order chi connectivity index (χ1) is 7.82. The summed E-state index contributed by atoms with van der Waals surface area (Å²) in [4.78, 5) is 15.5. The van der Waals surface area contributed by atoms with Crippen molar-refractivity contribution in [3.8, 4) is 0 Å². The molecule has 0 bridgehead atoms. The number of carbonyl (C=O) groups excluding carboxylic acids is 1. The summed E-state index contributed by atoms with van der Waals surface area (Å²) >= 11 is 0. The molecular weight excluding hydrogens is 220 g/mol. The lowest BCUT2D eigenvalue weighted by molar-refractivity contribution is -0.124. The Morgan fingerprint density at radius 3 is 2.65 bits per heavy atom. The summed E-state index contributed by atoms with van der Waals surface area (Å²) in [6.45, 7) is 7.73. The third-order valence-corrected chi connectivity index (χ3v) is 2.68. The van der Waals surface area contributed by atoms with E-state index in [-0.39, 0.29) is 17.9 Å². The van der Waals surface area contributed by atoms with Gasteiger partial charge in [0.15, 0.2) is 0 Å². The molecule has 2 unspecified atom stereocenters. The van der Waals surface area contributed by atoms with Crippen LogP contribution in [0.5, 0.6) is 0 Å². The lowest BCUT2D eigenvalue weighted by Crippen LogP contribution is -2.41. The highest BCUT2D eigenvalue weighted by molar-refractivity contribution is 5.79. The van der Waals surface area contributed by atoms with Gasteiger partial charge in [0.25, 0.3) is 0 Å². The Bertz CT molecular complexity index is 356. The number of hydrogen-bond acceptors (Lipinski definition) is 4. The van der Waals surface area contributed by atoms with Gasteiger partial charge in [0.1, 0.15) is 18.7 Å². The van der Waals surface area contributed by atoms with E-state index in [1.165, 1.54) is 17.3 Å². The number of hydrogen-bond donors (Lipinski definition) is 2. The first kappa shape index (κ1) is 13.6. The lowest BCUT2D eigenvalue weighted by Gasteiger charge is -2.26. The van der Waals surface area contributed by atoms with E-state index < -0.39 is 12.1 Å². The number of nitrogens with zero attached hydrogens (tertiary/aromatic N) is 3. The van der Waals surface area contributed by atoms with Crippen molar-refractivity contribution in [3.63, 3.8) is 0 Å². The Morgan fingerprint density at radius 1 is 1.53 bits per heavy atom. The third-order valence-electron chi connectivity index (χ3n) is 2.68. The van der Waals surface area contributed by atoms with Gasteiger partial charge in [-0.05, 0) is 12.3 Å². The van der Waals surface area contributed by atoms with Gasteiger partial charge in [0, 0.05) is 6.54 Å². The molecule has 1 heterocycles. The standard InChI is InChI=1S/C11H20N4O2/c1-8(15-7-12-6-14-15)10(17)13-5-9(16)11(2,3)4/h6-9,16H,5H2,1-4H3,(H,13,17). The van der Waals surface area contributed by atoms with E-state index in [2.05, 4.69) is 15.4 Å². The number of rotatable bonds is 4. The highest BCUT2D eigenvalue weighted by Gasteiger charge is 2.23. The Hall–Kier alpha value is -1.43. The van der Waals surface area contributed by atoms with Gasteiger partial charge in [-0.15, -0.1) is 0 Å². The molecule has 0 saturated carbocycles. The monoisotopic (exact) mass is 240 g/mol. The minimum Gasteiger partial charge on any atom is -0.391 e. The molecule has 0 aromatic carbocycles. The van der Waals surface area contributed by atoms with Crippen LogP contribution in [0.1, 0.15) is 33.7 Å². The van der Waals surface area contributed by atoms with E-state index in [4.69, 9.17) is 0 Å². The molecule has 1 aromatic heterocycles. The number of nitrogens with one attached hydrogen (secondary N) is 1. The summed E-state index contributed by atoms with van der Waals surface area (Å²) in [5, 5.41) is 16.4. The fourth-order valence-electron chi connectivity index (χ4n) is 1.19. The van der Waals surface area contributed by atoms with Gasteiger partial charge in [-0.2, -0.15) is 5.10 Å². The number of aliphatic hydroxyl groups is 1. The van der Waals surface area contributed by atoms with E-state index in [0.717, 1.165) is 0 Å². The molecule has 2 N–H and O–H groups in total. The van der Waals surface area contributed by atoms with Crippen LogP contribution in [0, 0.1) is 5.41 Å². The lowest BCUT2D eigenvalue weighted by atomic mass is 9.89. The highest BCUT2D eigenvalue weighted by atomic mass is 16.3. The van der Waals surface area contributed by atoms with Crippen molar-refractivity contribution in [1.82, 2.24) is 20.1 Å². The molecular formula is C11H20N4O2. The van der Waals surface area contributed by atoms with Crippen molar-refractivity contribution >= 4 is 5.91 Å². The Balaban J connectivity index is 2.45. The molecule has 1 amide bonds. The largest absolute Gasteiger partial charge is 0.391 e. The molecule has 1 aromatic rings. The number of aliphatic hydroxyl groups excluding tert-OH is 1. The summed E-state index contributed by atoms with van der Waals surface area (Å²) in [5.41, 5.74) is -0.246. The first-order valence-electron chi connectivity index (χ1n) is 5.62. The quantitative estimate of drug-likeness (QED) is 0.796. The fraction of sp³-hybridized carbons (Fsp3) is 0.727. The van der Waals surface area contributed by atoms with Crippen LogP contribution in [-0.2, 0) is 4.79 Å². The van der Waals surface area contributed by atoms with Crippen molar-refractivity contribution in [2.45, 2.75) is 39.8 Å². The summed E-state index contributed by atoms with van der Waals surface area (Å²) in [5.74, 6) is -0.182. The van der Waals surface area contributed by atoms with Crippen LogP contribution in [0.15, 0.2) is 12.7 Å². The Morgan fingerprint density at radius 2 is 2.18 bits per heavy atom. The van der Waals surface area contributed by atoms with E-state index in [1.807, 2.05) is 20.8 Å². The second-order valence-electron chi connectivity index (χ2n) is 5.18. The van der Waals surface area contributed by atoms with Crippen LogP contribution in [0.3, 0.4) is 0 Å². The third kappa shape index (κ3) is 3.81. The van der Waals surface area contributed by atoms with Gasteiger partial charge >= 0.3 is 0 Å². The molecule has 1 rings (SSSR count). The zero-order valence-electron chi connectivity index (χ0n) is 10.7. The SMILES string of the molecule is CC(C(=O)NCC(O)C(C)(C)C)n1cncn1. The van der Waals surface area contributed by atoms with Crippen molar-refractivity contribution in [2.75, 3.05) is 6.54 Å². The zero-order chi connectivity index (χ0) is 13.1. The molecule has 0 radical (unpaired) electrons. The Labute approximate surface area is 101 Å². The number of aromatic nitrogens is 3. The number of carbonyl (C=O) groups is 1. The maximum atomic E-state index is 11.8. The molecule has 0 fully saturated rings. The molecule has 0 saturated heterocycles. The zero-order valence-corrected chi connectivity index (χ0v) is 10.7. The molecule has 17 heavy (non-hydrogen) atoms. The topological polar surface area (TPSA) is 80.0 Å². The minimum absolute atomic E-state index is 0.182. The molecule has 6 nitrogen and oxygen atoms in total. The summed E-state index contributed by atoms with van der Waals surface area (Å²) in [6, 6.07) is -0.426. The van der Waals surface area contributed by atoms with Crippen molar-refractivity contribution in [1.29, 1.82) is 0 Å². The van der Waals surface area contributed by atoms with Crippen LogP contribution in [0.25, 0.3) is 0 Å². The minimum atomic E-state index is -0.575. The van der Waals surface area contributed by atoms with E-state index >= 15 is 0 Å². The van der Waals surface area contributed by atoms with Gasteiger partial charge in [0.2, 0.25) is 5.91 Å². The average Bonchev–Trinajstić information content (AvgIpc) is 2.76. The van der Waals surface area contributed by atoms with E-state index in [1.54, 1.807) is 6.92 Å². The molecule has 0 aliphatic heterocycles. The van der Waals surface area contributed by atoms with Crippen LogP contribution in [0.2, 0.25) is 0 Å². The van der Waals surface area contributed by atoms with Crippen LogP contribution >= 0.6 is 0 Å². The molecule has 0 spiro atoms. The first-order valence-corrected chi connectivity index (χ1v) is 5.62. The van der Waals surface area contributed by atoms with Gasteiger partial charge in [0.05, 0.1) is 6.10 Å². The van der Waals surface area contributed by atoms with Gasteiger partial charge in [-0.1, -0.05) is 20.8 Å². The van der Waals surface area contributed by atoms with Gasteiger partial charge < -0.3 is 10.4 Å². The highest BCUT2D eigenvalue weighted by Crippen LogP contribution is 2.18. The summed E-state index contributed by atoms with van der Waals surface area (Å²) in [6.07, 6.45) is 2.30. The van der Waals surface area contributed by atoms with Crippen molar-refractivity contribution in [3.05, 3.63) is 12.7 Å². The maximum absolute atomic E-state index is 11.8. The molecule has 0 aliphatic rings. The summed E-state index contributed by atoms with van der Waals surface area (Å²) in [7, 11) is 0. The van der Waals surface area contributed by atoms with Crippen LogP contribution < -0.4 is 5.32 Å². The fourth-order valence-corrected chi connectivity index (χ4v) is 1.19. The van der Waals surface area contributed by atoms with E-state index in [0.29, 0.717) is 0 Å². The number of amides is 1. The average molecular weight is 240 g/mol. The molecule has 6 heteroatoms.